The molecule has 0 aliphatic carbocycles. The summed E-state index contributed by atoms with van der Waals surface area (Å²) >= 11 is 0. The lowest BCUT2D eigenvalue weighted by molar-refractivity contribution is -0.137. The van der Waals surface area contributed by atoms with Crippen LogP contribution in [0, 0.1) is 0 Å². The maximum atomic E-state index is 12.8. The van der Waals surface area contributed by atoms with Crippen molar-refractivity contribution in [1.29, 1.82) is 0 Å². The van der Waals surface area contributed by atoms with Gasteiger partial charge in [0.25, 0.3) is 11.8 Å². The summed E-state index contributed by atoms with van der Waals surface area (Å²) in [6, 6.07) is 8.69. The van der Waals surface area contributed by atoms with E-state index in [2.05, 4.69) is 6.58 Å². The second-order valence-corrected chi connectivity index (χ2v) is 6.14. The minimum atomic E-state index is -0.597. The van der Waals surface area contributed by atoms with Crippen LogP contribution in [-0.4, -0.2) is 41.9 Å². The summed E-state index contributed by atoms with van der Waals surface area (Å²) in [6.07, 6.45) is 1.00. The number of ether oxygens (including phenoxy) is 2. The highest BCUT2D eigenvalue weighted by atomic mass is 16.5. The maximum absolute atomic E-state index is 12.8. The first-order valence-corrected chi connectivity index (χ1v) is 8.31. The Kier molecular flexibility index (Phi) is 4.75. The molecular formula is C20H19NO5. The first kappa shape index (κ1) is 17.7. The summed E-state index contributed by atoms with van der Waals surface area (Å²) in [7, 11) is 0. The molecule has 0 radical (unpaired) electrons. The van der Waals surface area contributed by atoms with Gasteiger partial charge in [0.05, 0.1) is 12.6 Å². The number of carbonyl (C=O) groups is 3. The van der Waals surface area contributed by atoms with Crippen LogP contribution in [-0.2, 0) is 9.53 Å². The minimum Gasteiger partial charge on any atom is -0.490 e. The second kappa shape index (κ2) is 7.00. The fourth-order valence-corrected chi connectivity index (χ4v) is 2.98. The summed E-state index contributed by atoms with van der Waals surface area (Å²) in [4.78, 5) is 37.8. The first-order valence-electron chi connectivity index (χ1n) is 8.31. The van der Waals surface area contributed by atoms with Crippen LogP contribution in [0.1, 0.15) is 34.6 Å². The minimum absolute atomic E-state index is 0.0165. The number of amides is 2. The molecule has 0 unspecified atom stereocenters. The number of hydrogen-bond donors (Lipinski definition) is 0. The summed E-state index contributed by atoms with van der Waals surface area (Å²) in [6.45, 7) is 7.04. The molecule has 1 aliphatic rings. The molecule has 0 N–H and O–H groups in total. The van der Waals surface area contributed by atoms with Crippen LogP contribution in [0.3, 0.4) is 0 Å². The van der Waals surface area contributed by atoms with Crippen molar-refractivity contribution in [3.8, 4) is 5.75 Å². The van der Waals surface area contributed by atoms with E-state index in [-0.39, 0.29) is 19.3 Å². The molecule has 3 rings (SSSR count). The maximum Gasteiger partial charge on any atom is 0.330 e. The summed E-state index contributed by atoms with van der Waals surface area (Å²) in [5, 5.41) is 1.33. The monoisotopic (exact) mass is 353 g/mol. The molecule has 0 saturated carbocycles. The smallest absolute Gasteiger partial charge is 0.330 e. The Labute approximate surface area is 151 Å². The Bertz CT molecular complexity index is 894. The molecule has 0 bridgehead atoms. The van der Waals surface area contributed by atoms with Crippen molar-refractivity contribution in [2.75, 3.05) is 13.2 Å². The van der Waals surface area contributed by atoms with Crippen LogP contribution in [0.25, 0.3) is 10.8 Å². The number of esters is 1. The number of hydrogen-bond acceptors (Lipinski definition) is 5. The number of imide groups is 1. The second-order valence-electron chi connectivity index (χ2n) is 6.14. The van der Waals surface area contributed by atoms with Gasteiger partial charge in [-0.3, -0.25) is 14.5 Å². The van der Waals surface area contributed by atoms with Gasteiger partial charge >= 0.3 is 5.97 Å². The van der Waals surface area contributed by atoms with Crippen LogP contribution < -0.4 is 4.74 Å². The van der Waals surface area contributed by atoms with Crippen LogP contribution in [0.2, 0.25) is 0 Å². The number of nitrogens with zero attached hydrogens (tertiary/aromatic N) is 1. The molecule has 134 valence electrons. The molecule has 26 heavy (non-hydrogen) atoms. The SMILES string of the molecule is C=CC(=O)OCCN1C(=O)c2cccc3c(OC(C)C)ccc(c23)C1=O. The molecule has 0 spiro atoms. The summed E-state index contributed by atoms with van der Waals surface area (Å²) in [5.41, 5.74) is 0.864. The molecule has 0 atom stereocenters. The van der Waals surface area contributed by atoms with Gasteiger partial charge in [-0.25, -0.2) is 4.79 Å². The Morgan fingerprint density at radius 2 is 1.85 bits per heavy atom. The molecule has 2 amide bonds. The number of benzene rings is 2. The Morgan fingerprint density at radius 3 is 2.50 bits per heavy atom. The molecule has 6 heteroatoms. The Hall–Kier alpha value is -3.15. The van der Waals surface area contributed by atoms with Crippen molar-refractivity contribution in [2.24, 2.45) is 0 Å². The highest BCUT2D eigenvalue weighted by Gasteiger charge is 2.33. The normalized spacial score (nSPS) is 13.3. The standard InChI is InChI=1S/C20H19NO5/c1-4-17(22)25-11-10-21-19(23)14-7-5-6-13-16(26-12(2)3)9-8-15(18(13)14)20(21)24/h4-9,12H,1,10-11H2,2-3H3. The Balaban J connectivity index is 1.99. The van der Waals surface area contributed by atoms with Crippen LogP contribution in [0.15, 0.2) is 43.0 Å². The first-order chi connectivity index (χ1) is 12.4. The predicted molar refractivity (Wildman–Crippen MR) is 96.2 cm³/mol. The van der Waals surface area contributed by atoms with E-state index >= 15 is 0 Å². The van der Waals surface area contributed by atoms with Crippen molar-refractivity contribution in [1.82, 2.24) is 4.90 Å². The van der Waals surface area contributed by atoms with Crippen molar-refractivity contribution >= 4 is 28.6 Å². The molecule has 1 aliphatic heterocycles. The lowest BCUT2D eigenvalue weighted by atomic mass is 9.93. The largest absolute Gasteiger partial charge is 0.490 e. The highest BCUT2D eigenvalue weighted by Crippen LogP contribution is 2.35. The molecule has 2 aromatic carbocycles. The van der Waals surface area contributed by atoms with E-state index < -0.39 is 17.8 Å². The van der Waals surface area contributed by atoms with E-state index in [0.29, 0.717) is 22.3 Å². The Morgan fingerprint density at radius 1 is 1.15 bits per heavy atom. The summed E-state index contributed by atoms with van der Waals surface area (Å²) < 4.78 is 10.7. The molecular weight excluding hydrogens is 334 g/mol. The van der Waals surface area contributed by atoms with Gasteiger partial charge in [-0.2, -0.15) is 0 Å². The van der Waals surface area contributed by atoms with Gasteiger partial charge < -0.3 is 9.47 Å². The zero-order valence-electron chi connectivity index (χ0n) is 14.7. The fourth-order valence-electron chi connectivity index (χ4n) is 2.98. The third-order valence-electron chi connectivity index (χ3n) is 4.04. The molecule has 0 saturated heterocycles. The third-order valence-corrected chi connectivity index (χ3v) is 4.04. The van der Waals surface area contributed by atoms with Crippen molar-refractivity contribution in [2.45, 2.75) is 20.0 Å². The molecule has 0 fully saturated rings. The average molecular weight is 353 g/mol. The van der Waals surface area contributed by atoms with E-state index in [1.165, 1.54) is 0 Å². The lowest BCUT2D eigenvalue weighted by Gasteiger charge is -2.27. The van der Waals surface area contributed by atoms with E-state index in [9.17, 15) is 14.4 Å². The van der Waals surface area contributed by atoms with Gasteiger partial charge in [-0.05, 0) is 32.0 Å². The third kappa shape index (κ3) is 3.06. The zero-order chi connectivity index (χ0) is 18.8. The van der Waals surface area contributed by atoms with E-state index in [4.69, 9.17) is 9.47 Å². The molecule has 0 aromatic heterocycles. The predicted octanol–water partition coefficient (Wildman–Crippen LogP) is 2.95. The summed E-state index contributed by atoms with van der Waals surface area (Å²) in [5.74, 6) is -0.789. The van der Waals surface area contributed by atoms with Crippen molar-refractivity contribution < 1.29 is 23.9 Å². The van der Waals surface area contributed by atoms with Crippen LogP contribution >= 0.6 is 0 Å². The van der Waals surface area contributed by atoms with Gasteiger partial charge in [0, 0.05) is 28.0 Å². The van der Waals surface area contributed by atoms with Crippen molar-refractivity contribution in [3.63, 3.8) is 0 Å². The zero-order valence-corrected chi connectivity index (χ0v) is 14.7. The van der Waals surface area contributed by atoms with E-state index in [1.807, 2.05) is 19.9 Å². The van der Waals surface area contributed by atoms with E-state index in [0.717, 1.165) is 16.4 Å². The van der Waals surface area contributed by atoms with Gasteiger partial charge in [0.2, 0.25) is 0 Å². The molecule has 2 aromatic rings. The van der Waals surface area contributed by atoms with Gasteiger partial charge in [0.1, 0.15) is 12.4 Å². The van der Waals surface area contributed by atoms with Gasteiger partial charge in [0.15, 0.2) is 0 Å². The lowest BCUT2D eigenvalue weighted by Crippen LogP contribution is -2.42. The van der Waals surface area contributed by atoms with E-state index in [1.54, 1.807) is 24.3 Å². The highest BCUT2D eigenvalue weighted by molar-refractivity contribution is 6.26. The quantitative estimate of drug-likeness (QED) is 0.453. The average Bonchev–Trinajstić information content (AvgIpc) is 2.62. The van der Waals surface area contributed by atoms with Crippen LogP contribution in [0.5, 0.6) is 5.75 Å². The number of rotatable bonds is 6. The topological polar surface area (TPSA) is 72.9 Å². The van der Waals surface area contributed by atoms with Gasteiger partial charge in [-0.1, -0.05) is 18.7 Å². The van der Waals surface area contributed by atoms with Crippen molar-refractivity contribution in [3.05, 3.63) is 54.1 Å². The number of carbonyl (C=O) groups excluding carboxylic acids is 3. The van der Waals surface area contributed by atoms with Crippen LogP contribution in [0.4, 0.5) is 0 Å². The van der Waals surface area contributed by atoms with Gasteiger partial charge in [-0.15, -0.1) is 0 Å². The fraction of sp³-hybridized carbons (Fsp3) is 0.250. The molecule has 6 nitrogen and oxygen atoms in total. The molecule has 1 heterocycles.